The molecule has 0 aromatic rings. The van der Waals surface area contributed by atoms with Crippen molar-refractivity contribution in [2.75, 3.05) is 52.7 Å². The van der Waals surface area contributed by atoms with Gasteiger partial charge in [-0.1, -0.05) is 13.3 Å². The van der Waals surface area contributed by atoms with Gasteiger partial charge in [0, 0.05) is 26.3 Å². The van der Waals surface area contributed by atoms with E-state index in [9.17, 15) is 0 Å². The predicted molar refractivity (Wildman–Crippen MR) is 76.3 cm³/mol. The summed E-state index contributed by atoms with van der Waals surface area (Å²) in [5.74, 6) is 0.663. The van der Waals surface area contributed by atoms with Gasteiger partial charge in [-0.3, -0.25) is 0 Å². The molecule has 1 unspecified atom stereocenters. The Balaban J connectivity index is 3.16. The maximum Gasteiger partial charge on any atom is 0.0701 e. The third-order valence-corrected chi connectivity index (χ3v) is 3.10. The van der Waals surface area contributed by atoms with Gasteiger partial charge in [0.1, 0.15) is 0 Å². The number of hydrogen-bond donors (Lipinski definition) is 3. The van der Waals surface area contributed by atoms with Gasteiger partial charge in [0.25, 0.3) is 0 Å². The Morgan fingerprint density at radius 1 is 0.895 bits per heavy atom. The Labute approximate surface area is 117 Å². The number of aliphatic hydroxyl groups is 2. The summed E-state index contributed by atoms with van der Waals surface area (Å²) in [6, 6.07) is 0. The molecule has 0 aliphatic rings. The van der Waals surface area contributed by atoms with E-state index >= 15 is 0 Å². The maximum absolute atomic E-state index is 8.79. The number of aliphatic hydroxyl groups excluding tert-OH is 2. The number of ether oxygens (including phenoxy) is 2. The minimum Gasteiger partial charge on any atom is -0.396 e. The van der Waals surface area contributed by atoms with Gasteiger partial charge in [0.15, 0.2) is 0 Å². The van der Waals surface area contributed by atoms with E-state index in [2.05, 4.69) is 12.2 Å². The largest absolute Gasteiger partial charge is 0.396 e. The first-order valence-electron chi connectivity index (χ1n) is 7.43. The molecule has 0 fully saturated rings. The molecule has 0 heterocycles. The van der Waals surface area contributed by atoms with E-state index in [1.807, 2.05) is 0 Å². The minimum atomic E-state index is 0.165. The Bertz CT molecular complexity index is 170. The molecule has 0 spiro atoms. The second kappa shape index (κ2) is 15.9. The first-order chi connectivity index (χ1) is 9.35. The van der Waals surface area contributed by atoms with Crippen LogP contribution in [0, 0.1) is 5.92 Å². The Kier molecular flexibility index (Phi) is 15.7. The van der Waals surface area contributed by atoms with E-state index in [-0.39, 0.29) is 13.2 Å². The molecule has 19 heavy (non-hydrogen) atoms. The van der Waals surface area contributed by atoms with Crippen LogP contribution < -0.4 is 5.32 Å². The molecular formula is C14H31NO4. The summed E-state index contributed by atoms with van der Waals surface area (Å²) in [4.78, 5) is 0. The molecule has 0 rings (SSSR count). The van der Waals surface area contributed by atoms with Crippen molar-refractivity contribution in [1.82, 2.24) is 5.32 Å². The third-order valence-electron chi connectivity index (χ3n) is 3.10. The SMILES string of the molecule is CCC(CCCO)CCOCCOCCNCCO. The van der Waals surface area contributed by atoms with Crippen LogP contribution in [0.25, 0.3) is 0 Å². The lowest BCUT2D eigenvalue weighted by Gasteiger charge is -2.14. The summed E-state index contributed by atoms with van der Waals surface area (Å²) in [5.41, 5.74) is 0. The Morgan fingerprint density at radius 3 is 2.26 bits per heavy atom. The summed E-state index contributed by atoms with van der Waals surface area (Å²) < 4.78 is 10.9. The molecule has 0 aromatic carbocycles. The van der Waals surface area contributed by atoms with Crippen LogP contribution in [-0.2, 0) is 9.47 Å². The summed E-state index contributed by atoms with van der Waals surface area (Å²) in [7, 11) is 0. The average Bonchev–Trinajstić information content (AvgIpc) is 2.44. The molecule has 0 amide bonds. The Hall–Kier alpha value is -0.200. The molecule has 0 saturated carbocycles. The fraction of sp³-hybridized carbons (Fsp3) is 1.00. The molecular weight excluding hydrogens is 246 g/mol. The smallest absolute Gasteiger partial charge is 0.0701 e. The Morgan fingerprint density at radius 2 is 1.63 bits per heavy atom. The summed E-state index contributed by atoms with van der Waals surface area (Å²) in [5, 5.41) is 20.4. The van der Waals surface area contributed by atoms with E-state index in [4.69, 9.17) is 19.7 Å². The van der Waals surface area contributed by atoms with Gasteiger partial charge < -0.3 is 25.0 Å². The maximum atomic E-state index is 8.79. The number of hydrogen-bond acceptors (Lipinski definition) is 5. The van der Waals surface area contributed by atoms with Crippen LogP contribution in [0.1, 0.15) is 32.6 Å². The molecule has 0 aliphatic heterocycles. The second-order valence-corrected chi connectivity index (χ2v) is 4.63. The zero-order chi connectivity index (χ0) is 14.2. The van der Waals surface area contributed by atoms with Crippen LogP contribution in [0.15, 0.2) is 0 Å². The van der Waals surface area contributed by atoms with Crippen LogP contribution in [0.3, 0.4) is 0 Å². The molecule has 0 radical (unpaired) electrons. The molecule has 0 aliphatic carbocycles. The zero-order valence-electron chi connectivity index (χ0n) is 12.3. The first-order valence-corrected chi connectivity index (χ1v) is 7.43. The first kappa shape index (κ1) is 18.8. The highest BCUT2D eigenvalue weighted by Gasteiger charge is 2.05. The molecule has 0 aromatic heterocycles. The third kappa shape index (κ3) is 14.0. The monoisotopic (exact) mass is 277 g/mol. The molecule has 0 saturated heterocycles. The second-order valence-electron chi connectivity index (χ2n) is 4.63. The van der Waals surface area contributed by atoms with Gasteiger partial charge in [0.05, 0.1) is 26.4 Å². The summed E-state index contributed by atoms with van der Waals surface area (Å²) >= 11 is 0. The van der Waals surface area contributed by atoms with E-state index in [0.29, 0.717) is 32.3 Å². The summed E-state index contributed by atoms with van der Waals surface area (Å²) in [6.45, 7) is 6.70. The molecule has 1 atom stereocenters. The number of nitrogens with one attached hydrogen (secondary N) is 1. The molecule has 3 N–H and O–H groups in total. The van der Waals surface area contributed by atoms with E-state index in [1.54, 1.807) is 0 Å². The lowest BCUT2D eigenvalue weighted by atomic mass is 9.97. The van der Waals surface area contributed by atoms with Crippen LogP contribution >= 0.6 is 0 Å². The van der Waals surface area contributed by atoms with Gasteiger partial charge >= 0.3 is 0 Å². The molecule has 0 bridgehead atoms. The fourth-order valence-electron chi connectivity index (χ4n) is 1.85. The van der Waals surface area contributed by atoms with E-state index in [0.717, 1.165) is 38.8 Å². The fourth-order valence-corrected chi connectivity index (χ4v) is 1.85. The van der Waals surface area contributed by atoms with Crippen molar-refractivity contribution >= 4 is 0 Å². The highest BCUT2D eigenvalue weighted by Crippen LogP contribution is 2.14. The summed E-state index contributed by atoms with van der Waals surface area (Å²) in [6.07, 6.45) is 4.19. The van der Waals surface area contributed by atoms with Crippen LogP contribution in [0.5, 0.6) is 0 Å². The standard InChI is InChI=1S/C14H31NO4/c1-2-14(4-3-8-16)5-10-18-12-13-19-11-7-15-6-9-17/h14-17H,2-13H2,1H3. The van der Waals surface area contributed by atoms with E-state index < -0.39 is 0 Å². The van der Waals surface area contributed by atoms with Gasteiger partial charge in [-0.25, -0.2) is 0 Å². The minimum absolute atomic E-state index is 0.165. The van der Waals surface area contributed by atoms with Crippen molar-refractivity contribution in [3.8, 4) is 0 Å². The van der Waals surface area contributed by atoms with E-state index in [1.165, 1.54) is 0 Å². The molecule has 5 heteroatoms. The predicted octanol–water partition coefficient (Wildman–Crippen LogP) is 0.790. The highest BCUT2D eigenvalue weighted by molar-refractivity contribution is 4.56. The normalized spacial score (nSPS) is 12.8. The van der Waals surface area contributed by atoms with Gasteiger partial charge in [0.2, 0.25) is 0 Å². The van der Waals surface area contributed by atoms with Crippen LogP contribution in [-0.4, -0.2) is 62.9 Å². The lowest BCUT2D eigenvalue weighted by molar-refractivity contribution is 0.0428. The average molecular weight is 277 g/mol. The highest BCUT2D eigenvalue weighted by atomic mass is 16.5. The van der Waals surface area contributed by atoms with Crippen molar-refractivity contribution in [3.63, 3.8) is 0 Å². The van der Waals surface area contributed by atoms with Crippen molar-refractivity contribution in [2.45, 2.75) is 32.6 Å². The van der Waals surface area contributed by atoms with Gasteiger partial charge in [-0.15, -0.1) is 0 Å². The van der Waals surface area contributed by atoms with Crippen LogP contribution in [0.2, 0.25) is 0 Å². The quantitative estimate of drug-likeness (QED) is 0.386. The van der Waals surface area contributed by atoms with Gasteiger partial charge in [-0.2, -0.15) is 0 Å². The van der Waals surface area contributed by atoms with Crippen molar-refractivity contribution in [1.29, 1.82) is 0 Å². The molecule has 116 valence electrons. The number of rotatable bonds is 15. The van der Waals surface area contributed by atoms with Crippen molar-refractivity contribution < 1.29 is 19.7 Å². The van der Waals surface area contributed by atoms with Gasteiger partial charge in [-0.05, 0) is 25.2 Å². The topological polar surface area (TPSA) is 71.0 Å². The zero-order valence-corrected chi connectivity index (χ0v) is 12.3. The van der Waals surface area contributed by atoms with Crippen LogP contribution in [0.4, 0.5) is 0 Å². The van der Waals surface area contributed by atoms with Crippen molar-refractivity contribution in [2.24, 2.45) is 5.92 Å². The molecule has 5 nitrogen and oxygen atoms in total. The van der Waals surface area contributed by atoms with Crippen molar-refractivity contribution in [3.05, 3.63) is 0 Å². The lowest BCUT2D eigenvalue weighted by Crippen LogP contribution is -2.23.